The maximum atomic E-state index is 11.1. The molecular formula is C15H14BrClN4O. The maximum absolute atomic E-state index is 11.1. The number of nitriles is 1. The lowest BCUT2D eigenvalue weighted by Crippen LogP contribution is -2.12. The fourth-order valence-corrected chi connectivity index (χ4v) is 1.65. The molecule has 5 nitrogen and oxygen atoms in total. The molecule has 0 fully saturated rings. The highest BCUT2D eigenvalue weighted by molar-refractivity contribution is 9.09. The van der Waals surface area contributed by atoms with Crippen molar-refractivity contribution in [3.05, 3.63) is 65.5 Å². The lowest BCUT2D eigenvalue weighted by molar-refractivity contribution is 0.102. The summed E-state index contributed by atoms with van der Waals surface area (Å²) in [5.41, 5.74) is 6.86. The average Bonchev–Trinajstić information content (AvgIpc) is 2.55. The second kappa shape index (κ2) is 10.5. The number of halogens is 2. The molecular weight excluding hydrogens is 368 g/mol. The summed E-state index contributed by atoms with van der Waals surface area (Å²) in [6.45, 7) is 0. The van der Waals surface area contributed by atoms with E-state index in [2.05, 4.69) is 20.9 Å². The van der Waals surface area contributed by atoms with E-state index in [1.807, 2.05) is 6.07 Å². The van der Waals surface area contributed by atoms with Gasteiger partial charge in [0.25, 0.3) is 0 Å². The van der Waals surface area contributed by atoms with Gasteiger partial charge in [0.2, 0.25) is 0 Å². The smallest absolute Gasteiger partial charge is 0.173 e. The third-order valence-electron chi connectivity index (χ3n) is 2.40. The molecule has 0 saturated heterocycles. The second-order valence-corrected chi connectivity index (χ2v) is 4.44. The number of rotatable bonds is 3. The van der Waals surface area contributed by atoms with E-state index in [-0.39, 0.29) is 24.0 Å². The zero-order valence-electron chi connectivity index (χ0n) is 11.5. The van der Waals surface area contributed by atoms with Crippen molar-refractivity contribution in [1.29, 1.82) is 10.7 Å². The molecule has 1 heterocycles. The second-order valence-electron chi connectivity index (χ2n) is 3.87. The summed E-state index contributed by atoms with van der Waals surface area (Å²) < 4.78 is 0. The number of nitrogens with zero attached hydrogens (tertiary/aromatic N) is 2. The van der Waals surface area contributed by atoms with Gasteiger partial charge in [0.1, 0.15) is 11.5 Å². The third kappa shape index (κ3) is 6.48. The van der Waals surface area contributed by atoms with Gasteiger partial charge >= 0.3 is 0 Å². The lowest BCUT2D eigenvalue weighted by atomic mass is 10.1. The van der Waals surface area contributed by atoms with Crippen molar-refractivity contribution >= 4 is 40.0 Å². The Morgan fingerprint density at radius 3 is 2.27 bits per heavy atom. The van der Waals surface area contributed by atoms with Crippen LogP contribution in [0.1, 0.15) is 21.6 Å². The number of nitrogens with two attached hydrogens (primary N) is 1. The number of pyridine rings is 1. The number of Topliss-reactive ketones (excluding diaryl/α,β-unsaturated/α-hetero) is 1. The Balaban J connectivity index is 0.000000397. The molecule has 114 valence electrons. The monoisotopic (exact) mass is 380 g/mol. The van der Waals surface area contributed by atoms with E-state index in [0.29, 0.717) is 22.2 Å². The van der Waals surface area contributed by atoms with E-state index in [0.717, 1.165) is 0 Å². The van der Waals surface area contributed by atoms with Crippen LogP contribution in [0.25, 0.3) is 0 Å². The number of ketones is 1. The summed E-state index contributed by atoms with van der Waals surface area (Å²) in [5, 5.41) is 15.7. The van der Waals surface area contributed by atoms with Gasteiger partial charge in [0, 0.05) is 11.8 Å². The van der Waals surface area contributed by atoms with E-state index in [1.165, 1.54) is 0 Å². The van der Waals surface area contributed by atoms with Gasteiger partial charge in [-0.1, -0.05) is 34.1 Å². The molecule has 7 heteroatoms. The number of carbonyl (C=O) groups excluding carboxylic acids is 1. The van der Waals surface area contributed by atoms with Crippen LogP contribution >= 0.6 is 28.3 Å². The highest BCUT2D eigenvalue weighted by Gasteiger charge is 2.02. The Hall–Kier alpha value is -2.23. The van der Waals surface area contributed by atoms with Gasteiger partial charge in [0.15, 0.2) is 5.78 Å². The topological polar surface area (TPSA) is 104 Å². The molecule has 0 aliphatic rings. The fraction of sp³-hybridized carbons (Fsp3) is 0.0667. The average molecular weight is 382 g/mol. The molecule has 22 heavy (non-hydrogen) atoms. The van der Waals surface area contributed by atoms with Crippen LogP contribution in [-0.2, 0) is 0 Å². The minimum absolute atomic E-state index is 0. The Morgan fingerprint density at radius 2 is 1.91 bits per heavy atom. The zero-order valence-corrected chi connectivity index (χ0v) is 13.9. The van der Waals surface area contributed by atoms with Gasteiger partial charge in [-0.05, 0) is 24.3 Å². The molecule has 0 aliphatic heterocycles. The number of nitrogens with one attached hydrogen (secondary N) is 1. The van der Waals surface area contributed by atoms with Crippen LogP contribution in [0.15, 0.2) is 48.7 Å². The largest absolute Gasteiger partial charge is 0.382 e. The predicted molar refractivity (Wildman–Crippen MR) is 91.8 cm³/mol. The highest BCUT2D eigenvalue weighted by atomic mass is 79.9. The van der Waals surface area contributed by atoms with Crippen LogP contribution in [-0.4, -0.2) is 21.9 Å². The Bertz CT molecular complexity index is 653. The molecule has 2 rings (SSSR count). The van der Waals surface area contributed by atoms with Gasteiger partial charge in [-0.25, -0.2) is 0 Å². The summed E-state index contributed by atoms with van der Waals surface area (Å²) in [4.78, 5) is 14.9. The molecule has 3 N–H and O–H groups in total. The Labute approximate surface area is 143 Å². The van der Waals surface area contributed by atoms with Gasteiger partial charge in [0.05, 0.1) is 17.0 Å². The van der Waals surface area contributed by atoms with Gasteiger partial charge in [-0.15, -0.1) is 12.4 Å². The molecule has 0 atom stereocenters. The van der Waals surface area contributed by atoms with Crippen molar-refractivity contribution in [3.63, 3.8) is 0 Å². The third-order valence-corrected chi connectivity index (χ3v) is 2.91. The van der Waals surface area contributed by atoms with Crippen LogP contribution in [0.4, 0.5) is 0 Å². The first-order valence-electron chi connectivity index (χ1n) is 5.93. The molecule has 0 aliphatic carbocycles. The number of carbonyl (C=O) groups is 1. The summed E-state index contributed by atoms with van der Waals surface area (Å²) in [6.07, 6.45) is 1.61. The standard InChI is InChI=1S/C9H6BrNO.C6H7N3.ClH/c10-5-9(12)8-3-1-7(6-11)2-4-8;7-6(8)5-3-1-2-4-9-5;/h1-4H,5H2;1-4H,(H3,7,8);1H. The molecule has 0 bridgehead atoms. The Morgan fingerprint density at radius 1 is 1.27 bits per heavy atom. The number of benzene rings is 1. The predicted octanol–water partition coefficient (Wildman–Crippen LogP) is 2.92. The molecule has 0 spiro atoms. The number of hydrogen-bond donors (Lipinski definition) is 2. The van der Waals surface area contributed by atoms with Crippen molar-refractivity contribution in [2.45, 2.75) is 0 Å². The maximum Gasteiger partial charge on any atom is 0.173 e. The van der Waals surface area contributed by atoms with Crippen molar-refractivity contribution in [2.24, 2.45) is 5.73 Å². The number of nitrogen functional groups attached to an aromatic ring is 1. The first-order valence-corrected chi connectivity index (χ1v) is 7.05. The first kappa shape index (κ1) is 19.8. The van der Waals surface area contributed by atoms with Crippen LogP contribution < -0.4 is 5.73 Å². The highest BCUT2D eigenvalue weighted by Crippen LogP contribution is 2.05. The van der Waals surface area contributed by atoms with Crippen LogP contribution in [0, 0.1) is 16.7 Å². The molecule has 0 amide bonds. The summed E-state index contributed by atoms with van der Waals surface area (Å²) >= 11 is 3.07. The van der Waals surface area contributed by atoms with Crippen LogP contribution in [0.2, 0.25) is 0 Å². The number of aromatic nitrogens is 1. The first-order chi connectivity index (χ1) is 10.1. The van der Waals surface area contributed by atoms with Crippen molar-refractivity contribution in [2.75, 3.05) is 5.33 Å². The van der Waals surface area contributed by atoms with Gasteiger partial charge < -0.3 is 5.73 Å². The van der Waals surface area contributed by atoms with Crippen molar-refractivity contribution in [3.8, 4) is 6.07 Å². The van der Waals surface area contributed by atoms with E-state index in [1.54, 1.807) is 48.7 Å². The molecule has 0 unspecified atom stereocenters. The fourth-order valence-electron chi connectivity index (χ4n) is 1.33. The molecule has 1 aromatic heterocycles. The number of hydrogen-bond acceptors (Lipinski definition) is 4. The van der Waals surface area contributed by atoms with Crippen molar-refractivity contribution in [1.82, 2.24) is 4.98 Å². The van der Waals surface area contributed by atoms with Crippen LogP contribution in [0.5, 0.6) is 0 Å². The number of amidine groups is 1. The lowest BCUT2D eigenvalue weighted by Gasteiger charge is -1.95. The Kier molecular flexibility index (Phi) is 9.43. The minimum atomic E-state index is 0. The summed E-state index contributed by atoms with van der Waals surface area (Å²) in [6, 6.07) is 13.8. The quantitative estimate of drug-likeness (QED) is 0.369. The molecule has 0 radical (unpaired) electrons. The van der Waals surface area contributed by atoms with E-state index < -0.39 is 0 Å². The van der Waals surface area contributed by atoms with Crippen molar-refractivity contribution < 1.29 is 4.79 Å². The normalized spacial score (nSPS) is 8.55. The summed E-state index contributed by atoms with van der Waals surface area (Å²) in [7, 11) is 0. The molecule has 1 aromatic carbocycles. The number of alkyl halides is 1. The van der Waals surface area contributed by atoms with E-state index in [4.69, 9.17) is 16.4 Å². The van der Waals surface area contributed by atoms with E-state index in [9.17, 15) is 4.79 Å². The van der Waals surface area contributed by atoms with Gasteiger partial charge in [-0.3, -0.25) is 15.2 Å². The SMILES string of the molecule is Cl.N#Cc1ccc(C(=O)CBr)cc1.N=C(N)c1ccccn1. The van der Waals surface area contributed by atoms with Gasteiger partial charge in [-0.2, -0.15) is 5.26 Å². The zero-order chi connectivity index (χ0) is 15.7. The van der Waals surface area contributed by atoms with Crippen LogP contribution in [0.3, 0.4) is 0 Å². The molecule has 2 aromatic rings. The minimum Gasteiger partial charge on any atom is -0.382 e. The molecule has 0 saturated carbocycles. The van der Waals surface area contributed by atoms with E-state index >= 15 is 0 Å². The summed E-state index contributed by atoms with van der Waals surface area (Å²) in [5.74, 6) is 0.0371.